The average molecular weight is 526 g/mol. The van der Waals surface area contributed by atoms with Gasteiger partial charge in [0.15, 0.2) is 17.5 Å². The number of halogens is 1. The fourth-order valence-electron chi connectivity index (χ4n) is 3.33. The van der Waals surface area contributed by atoms with E-state index < -0.39 is 0 Å². The summed E-state index contributed by atoms with van der Waals surface area (Å²) in [4.78, 5) is 6.55. The molecule has 2 rings (SSSR count). The molecule has 0 spiro atoms. The van der Waals surface area contributed by atoms with E-state index in [1.165, 1.54) is 11.1 Å². The first kappa shape index (κ1) is 26.0. The first-order valence-electron chi connectivity index (χ1n) is 9.93. The molecular formula is C23H35IN4O2. The van der Waals surface area contributed by atoms with Gasteiger partial charge in [0.25, 0.3) is 0 Å². The molecule has 0 aromatic heterocycles. The third kappa shape index (κ3) is 7.05. The Balaban J connectivity index is 0.00000450. The molecule has 0 bridgehead atoms. The van der Waals surface area contributed by atoms with Gasteiger partial charge in [0.1, 0.15) is 0 Å². The first-order valence-corrected chi connectivity index (χ1v) is 9.93. The Hall–Kier alpha value is -2.00. The van der Waals surface area contributed by atoms with Crippen LogP contribution in [0.2, 0.25) is 0 Å². The lowest BCUT2D eigenvalue weighted by Crippen LogP contribution is -2.41. The average Bonchev–Trinajstić information content (AvgIpc) is 2.75. The van der Waals surface area contributed by atoms with Crippen LogP contribution in [0.5, 0.6) is 11.5 Å². The van der Waals surface area contributed by atoms with Crippen LogP contribution in [0.1, 0.15) is 29.7 Å². The summed E-state index contributed by atoms with van der Waals surface area (Å²) in [6.45, 7) is 3.63. The number of nitrogens with one attached hydrogen (secondary N) is 2. The summed E-state index contributed by atoms with van der Waals surface area (Å²) < 4.78 is 10.8. The molecule has 0 amide bonds. The van der Waals surface area contributed by atoms with Crippen molar-refractivity contribution in [1.82, 2.24) is 15.5 Å². The fourth-order valence-corrected chi connectivity index (χ4v) is 3.33. The van der Waals surface area contributed by atoms with Crippen LogP contribution >= 0.6 is 24.0 Å². The number of hydrogen-bond donors (Lipinski definition) is 2. The molecule has 1 atom stereocenters. The summed E-state index contributed by atoms with van der Waals surface area (Å²) in [7, 11) is 9.23. The SMILES string of the molecule is CCc1ccccc1CNC(=NC)NCC(c1ccc(OC)c(OC)c1)N(C)C.I. The third-order valence-corrected chi connectivity index (χ3v) is 5.05. The zero-order valence-electron chi connectivity index (χ0n) is 18.9. The Kier molecular flexibility index (Phi) is 11.6. The molecule has 2 aromatic carbocycles. The summed E-state index contributed by atoms with van der Waals surface area (Å²) in [5, 5.41) is 6.87. The zero-order chi connectivity index (χ0) is 21.2. The second-order valence-corrected chi connectivity index (χ2v) is 7.02. The number of methoxy groups -OCH3 is 2. The molecule has 0 saturated heterocycles. The largest absolute Gasteiger partial charge is 0.493 e. The van der Waals surface area contributed by atoms with Crippen LogP contribution in [-0.2, 0) is 13.0 Å². The minimum absolute atomic E-state index is 0. The summed E-state index contributed by atoms with van der Waals surface area (Å²) in [5.74, 6) is 2.24. The lowest BCUT2D eigenvalue weighted by Gasteiger charge is -2.26. The standard InChI is InChI=1S/C23H34N4O2.HI/c1-7-17-10-8-9-11-19(17)15-25-23(24-2)26-16-20(27(3)4)18-12-13-21(28-5)22(14-18)29-6;/h8-14,20H,7,15-16H2,1-6H3,(H2,24,25,26);1H. The van der Waals surface area contributed by atoms with E-state index in [-0.39, 0.29) is 30.0 Å². The molecule has 0 fully saturated rings. The van der Waals surface area contributed by atoms with Gasteiger partial charge in [0, 0.05) is 20.1 Å². The van der Waals surface area contributed by atoms with Crippen molar-refractivity contribution in [3.8, 4) is 11.5 Å². The quantitative estimate of drug-likeness (QED) is 0.296. The Bertz CT molecular complexity index is 812. The smallest absolute Gasteiger partial charge is 0.191 e. The Morgan fingerprint density at radius 1 is 1.00 bits per heavy atom. The maximum Gasteiger partial charge on any atom is 0.191 e. The van der Waals surface area contributed by atoms with Gasteiger partial charge in [-0.05, 0) is 49.3 Å². The molecule has 7 heteroatoms. The van der Waals surface area contributed by atoms with Crippen LogP contribution in [0.25, 0.3) is 0 Å². The molecule has 30 heavy (non-hydrogen) atoms. The molecule has 0 saturated carbocycles. The molecule has 2 N–H and O–H groups in total. The van der Waals surface area contributed by atoms with E-state index in [0.717, 1.165) is 36.0 Å². The van der Waals surface area contributed by atoms with Gasteiger partial charge >= 0.3 is 0 Å². The number of likely N-dealkylation sites (N-methyl/N-ethyl adjacent to an activating group) is 1. The molecule has 6 nitrogen and oxygen atoms in total. The van der Waals surface area contributed by atoms with Crippen molar-refractivity contribution in [3.05, 3.63) is 59.2 Å². The van der Waals surface area contributed by atoms with Gasteiger partial charge in [0.05, 0.1) is 20.3 Å². The number of aliphatic imine (C=N–C) groups is 1. The van der Waals surface area contributed by atoms with Gasteiger partial charge in [-0.1, -0.05) is 37.3 Å². The van der Waals surface area contributed by atoms with E-state index in [1.54, 1.807) is 21.3 Å². The molecule has 1 unspecified atom stereocenters. The van der Waals surface area contributed by atoms with Gasteiger partial charge in [-0.15, -0.1) is 24.0 Å². The molecule has 0 aliphatic carbocycles. The van der Waals surface area contributed by atoms with Crippen molar-refractivity contribution in [2.75, 3.05) is 41.9 Å². The topological polar surface area (TPSA) is 58.1 Å². The summed E-state index contributed by atoms with van der Waals surface area (Å²) in [5.41, 5.74) is 3.79. The Morgan fingerprint density at radius 3 is 2.23 bits per heavy atom. The first-order chi connectivity index (χ1) is 14.0. The van der Waals surface area contributed by atoms with Crippen molar-refractivity contribution in [2.24, 2.45) is 4.99 Å². The Labute approximate surface area is 198 Å². The third-order valence-electron chi connectivity index (χ3n) is 5.05. The molecule has 0 aliphatic heterocycles. The number of aryl methyl sites for hydroxylation is 1. The Morgan fingerprint density at radius 2 is 1.67 bits per heavy atom. The van der Waals surface area contributed by atoms with Crippen LogP contribution in [0, 0.1) is 0 Å². The van der Waals surface area contributed by atoms with Gasteiger partial charge < -0.3 is 25.0 Å². The molecule has 0 aliphatic rings. The summed E-state index contributed by atoms with van der Waals surface area (Å²) >= 11 is 0. The lowest BCUT2D eigenvalue weighted by molar-refractivity contribution is 0.295. The van der Waals surface area contributed by atoms with Gasteiger partial charge in [-0.25, -0.2) is 0 Å². The summed E-state index contributed by atoms with van der Waals surface area (Å²) in [6, 6.07) is 14.7. The lowest BCUT2D eigenvalue weighted by atomic mass is 10.0. The summed E-state index contributed by atoms with van der Waals surface area (Å²) in [6.07, 6.45) is 1.02. The molecule has 166 valence electrons. The second kappa shape index (κ2) is 13.3. The predicted molar refractivity (Wildman–Crippen MR) is 135 cm³/mol. The van der Waals surface area contributed by atoms with E-state index in [9.17, 15) is 0 Å². The fraction of sp³-hybridized carbons (Fsp3) is 0.435. The van der Waals surface area contributed by atoms with Crippen molar-refractivity contribution < 1.29 is 9.47 Å². The van der Waals surface area contributed by atoms with Crippen LogP contribution in [0.3, 0.4) is 0 Å². The predicted octanol–water partition coefficient (Wildman–Crippen LogP) is 3.85. The number of ether oxygens (including phenoxy) is 2. The van der Waals surface area contributed by atoms with E-state index in [2.05, 4.69) is 71.9 Å². The molecular weight excluding hydrogens is 491 g/mol. The van der Waals surface area contributed by atoms with E-state index in [1.807, 2.05) is 12.1 Å². The van der Waals surface area contributed by atoms with E-state index >= 15 is 0 Å². The van der Waals surface area contributed by atoms with Gasteiger partial charge in [-0.2, -0.15) is 0 Å². The molecule has 0 heterocycles. The monoisotopic (exact) mass is 526 g/mol. The maximum atomic E-state index is 5.46. The van der Waals surface area contributed by atoms with Crippen LogP contribution in [0.15, 0.2) is 47.5 Å². The highest BCUT2D eigenvalue weighted by atomic mass is 127. The highest BCUT2D eigenvalue weighted by Gasteiger charge is 2.17. The van der Waals surface area contributed by atoms with Gasteiger partial charge in [0.2, 0.25) is 0 Å². The number of nitrogens with zero attached hydrogens (tertiary/aromatic N) is 2. The number of guanidine groups is 1. The number of rotatable bonds is 9. The normalized spacial score (nSPS) is 12.2. The minimum atomic E-state index is 0. The minimum Gasteiger partial charge on any atom is -0.493 e. The second-order valence-electron chi connectivity index (χ2n) is 7.02. The van der Waals surface area contributed by atoms with Crippen molar-refractivity contribution in [3.63, 3.8) is 0 Å². The van der Waals surface area contributed by atoms with E-state index in [4.69, 9.17) is 9.47 Å². The molecule has 2 aromatic rings. The highest BCUT2D eigenvalue weighted by Crippen LogP contribution is 2.31. The van der Waals surface area contributed by atoms with E-state index in [0.29, 0.717) is 6.54 Å². The maximum absolute atomic E-state index is 5.46. The van der Waals surface area contributed by atoms with Crippen molar-refractivity contribution >= 4 is 29.9 Å². The van der Waals surface area contributed by atoms with Crippen LogP contribution < -0.4 is 20.1 Å². The number of hydrogen-bond acceptors (Lipinski definition) is 4. The van der Waals surface area contributed by atoms with Crippen LogP contribution in [-0.4, -0.2) is 52.8 Å². The van der Waals surface area contributed by atoms with Crippen LogP contribution in [0.4, 0.5) is 0 Å². The van der Waals surface area contributed by atoms with Crippen molar-refractivity contribution in [1.29, 1.82) is 0 Å². The van der Waals surface area contributed by atoms with Gasteiger partial charge in [-0.3, -0.25) is 4.99 Å². The zero-order valence-corrected chi connectivity index (χ0v) is 21.2. The molecule has 0 radical (unpaired) electrons. The van der Waals surface area contributed by atoms with Crippen molar-refractivity contribution in [2.45, 2.75) is 25.9 Å². The number of benzene rings is 2. The highest BCUT2D eigenvalue weighted by molar-refractivity contribution is 14.0.